The smallest absolute Gasteiger partial charge is 0.256 e. The Balaban J connectivity index is 1.87. The Bertz CT molecular complexity index is 654. The van der Waals surface area contributed by atoms with E-state index in [0.29, 0.717) is 37.9 Å². The van der Waals surface area contributed by atoms with Crippen LogP contribution >= 0.6 is 0 Å². The first-order chi connectivity index (χ1) is 15.2. The number of amides is 1. The molecule has 1 fully saturated rings. The third-order valence-corrected chi connectivity index (χ3v) is 6.19. The molecule has 0 aromatic heterocycles. The minimum Gasteiger partial charge on any atom is -0.494 e. The lowest BCUT2D eigenvalue weighted by molar-refractivity contribution is -0.146. The summed E-state index contributed by atoms with van der Waals surface area (Å²) in [6, 6.07) is 7.71. The standard InChI is InChI=1S/C27H46N2O3/c1-7-32-27(19-21(2)3,20-22(4)5)26(30)28-24-9-11-25(12-10-24)31-18-8-15-29-16-13-23(6)14-17-29/h9-12,21-23H,7-8,13-20H2,1-6H3,(H,28,30). The maximum absolute atomic E-state index is 13.3. The highest BCUT2D eigenvalue weighted by Crippen LogP contribution is 2.31. The number of benzene rings is 1. The fourth-order valence-electron chi connectivity index (χ4n) is 4.69. The molecule has 1 saturated heterocycles. The van der Waals surface area contributed by atoms with E-state index >= 15 is 0 Å². The highest BCUT2D eigenvalue weighted by Gasteiger charge is 2.40. The molecule has 1 aliphatic rings. The van der Waals surface area contributed by atoms with Crippen LogP contribution < -0.4 is 10.1 Å². The summed E-state index contributed by atoms with van der Waals surface area (Å²) in [6.07, 6.45) is 5.08. The zero-order chi connectivity index (χ0) is 23.6. The third kappa shape index (κ3) is 8.74. The number of nitrogens with zero attached hydrogens (tertiary/aromatic N) is 1. The fourth-order valence-corrected chi connectivity index (χ4v) is 4.69. The number of carbonyl (C=O) groups is 1. The van der Waals surface area contributed by atoms with Gasteiger partial charge >= 0.3 is 0 Å². The number of ether oxygens (including phenoxy) is 2. The summed E-state index contributed by atoms with van der Waals surface area (Å²) in [4.78, 5) is 15.8. The molecule has 32 heavy (non-hydrogen) atoms. The first-order valence-electron chi connectivity index (χ1n) is 12.6. The van der Waals surface area contributed by atoms with Crippen LogP contribution in [-0.4, -0.2) is 49.3 Å². The van der Waals surface area contributed by atoms with Crippen LogP contribution in [0.25, 0.3) is 0 Å². The molecule has 1 heterocycles. The van der Waals surface area contributed by atoms with Crippen LogP contribution in [0.3, 0.4) is 0 Å². The van der Waals surface area contributed by atoms with Gasteiger partial charge in [0.1, 0.15) is 11.4 Å². The van der Waals surface area contributed by atoms with Crippen LogP contribution in [0.1, 0.15) is 73.6 Å². The fraction of sp³-hybridized carbons (Fsp3) is 0.741. The Morgan fingerprint density at radius 2 is 1.69 bits per heavy atom. The Labute approximate surface area is 196 Å². The molecular weight excluding hydrogens is 400 g/mol. The lowest BCUT2D eigenvalue weighted by Gasteiger charge is -2.35. The van der Waals surface area contributed by atoms with E-state index in [1.165, 1.54) is 25.9 Å². The summed E-state index contributed by atoms with van der Waals surface area (Å²) < 4.78 is 12.0. The maximum Gasteiger partial charge on any atom is 0.256 e. The van der Waals surface area contributed by atoms with Crippen LogP contribution in [-0.2, 0) is 9.53 Å². The molecule has 1 aromatic carbocycles. The van der Waals surface area contributed by atoms with E-state index in [-0.39, 0.29) is 5.91 Å². The second-order valence-electron chi connectivity index (χ2n) is 10.3. The van der Waals surface area contributed by atoms with Crippen molar-refractivity contribution in [1.82, 2.24) is 4.90 Å². The van der Waals surface area contributed by atoms with Crippen molar-refractivity contribution in [3.8, 4) is 5.75 Å². The zero-order valence-corrected chi connectivity index (χ0v) is 21.3. The number of anilines is 1. The van der Waals surface area contributed by atoms with Crippen molar-refractivity contribution in [3.05, 3.63) is 24.3 Å². The molecular formula is C27H46N2O3. The van der Waals surface area contributed by atoms with Crippen molar-refractivity contribution in [1.29, 1.82) is 0 Å². The van der Waals surface area contributed by atoms with Gasteiger partial charge in [0.15, 0.2) is 0 Å². The monoisotopic (exact) mass is 446 g/mol. The van der Waals surface area contributed by atoms with Crippen LogP contribution in [0.15, 0.2) is 24.3 Å². The van der Waals surface area contributed by atoms with Crippen LogP contribution in [0, 0.1) is 17.8 Å². The maximum atomic E-state index is 13.3. The van der Waals surface area contributed by atoms with Crippen molar-refractivity contribution in [2.45, 2.75) is 79.2 Å². The average molecular weight is 447 g/mol. The Morgan fingerprint density at radius 1 is 1.09 bits per heavy atom. The van der Waals surface area contributed by atoms with Gasteiger partial charge in [-0.15, -0.1) is 0 Å². The largest absolute Gasteiger partial charge is 0.494 e. The van der Waals surface area contributed by atoms with Gasteiger partial charge in [0.2, 0.25) is 0 Å². The molecule has 1 N–H and O–H groups in total. The quantitative estimate of drug-likeness (QED) is 0.378. The number of hydrogen-bond acceptors (Lipinski definition) is 4. The molecule has 0 spiro atoms. The van der Waals surface area contributed by atoms with E-state index in [0.717, 1.165) is 30.3 Å². The average Bonchev–Trinajstić information content (AvgIpc) is 2.73. The second-order valence-corrected chi connectivity index (χ2v) is 10.3. The molecule has 0 aliphatic carbocycles. The molecule has 182 valence electrons. The zero-order valence-electron chi connectivity index (χ0n) is 21.3. The van der Waals surface area contributed by atoms with Crippen molar-refractivity contribution in [2.75, 3.05) is 38.2 Å². The predicted octanol–water partition coefficient (Wildman–Crippen LogP) is 5.99. The molecule has 0 saturated carbocycles. The van der Waals surface area contributed by atoms with Crippen LogP contribution in [0.4, 0.5) is 5.69 Å². The van der Waals surface area contributed by atoms with Gasteiger partial charge in [-0.1, -0.05) is 34.6 Å². The highest BCUT2D eigenvalue weighted by molar-refractivity contribution is 5.97. The van der Waals surface area contributed by atoms with Gasteiger partial charge < -0.3 is 19.7 Å². The van der Waals surface area contributed by atoms with Gasteiger partial charge in [-0.2, -0.15) is 0 Å². The Morgan fingerprint density at radius 3 is 2.22 bits per heavy atom. The second kappa shape index (κ2) is 13.2. The molecule has 0 unspecified atom stereocenters. The number of likely N-dealkylation sites (tertiary alicyclic amines) is 1. The van der Waals surface area contributed by atoms with Gasteiger partial charge in [-0.3, -0.25) is 4.79 Å². The number of hydrogen-bond donors (Lipinski definition) is 1. The summed E-state index contributed by atoms with van der Waals surface area (Å²) in [7, 11) is 0. The molecule has 1 amide bonds. The predicted molar refractivity (Wildman–Crippen MR) is 133 cm³/mol. The normalized spacial score (nSPS) is 16.0. The number of nitrogens with one attached hydrogen (secondary N) is 1. The first kappa shape index (κ1) is 26.7. The minimum absolute atomic E-state index is 0.0498. The molecule has 0 atom stereocenters. The molecule has 0 bridgehead atoms. The molecule has 5 heteroatoms. The van der Waals surface area contributed by atoms with Crippen molar-refractivity contribution < 1.29 is 14.3 Å². The van der Waals surface area contributed by atoms with Gasteiger partial charge in [-0.05, 0) is 94.1 Å². The number of carbonyl (C=O) groups excluding carboxylic acids is 1. The summed E-state index contributed by atoms with van der Waals surface area (Å²) in [5.41, 5.74) is -0.0141. The van der Waals surface area contributed by atoms with E-state index in [1.54, 1.807) is 0 Å². The Kier molecular flexibility index (Phi) is 11.0. The van der Waals surface area contributed by atoms with Crippen molar-refractivity contribution in [2.24, 2.45) is 17.8 Å². The van der Waals surface area contributed by atoms with E-state index in [9.17, 15) is 4.79 Å². The molecule has 5 nitrogen and oxygen atoms in total. The number of piperidine rings is 1. The van der Waals surface area contributed by atoms with E-state index in [4.69, 9.17) is 9.47 Å². The van der Waals surface area contributed by atoms with Gasteiger partial charge in [0, 0.05) is 18.8 Å². The van der Waals surface area contributed by atoms with Crippen molar-refractivity contribution in [3.63, 3.8) is 0 Å². The van der Waals surface area contributed by atoms with E-state index in [1.807, 2.05) is 31.2 Å². The van der Waals surface area contributed by atoms with E-state index < -0.39 is 5.60 Å². The topological polar surface area (TPSA) is 50.8 Å². The van der Waals surface area contributed by atoms with Crippen LogP contribution in [0.2, 0.25) is 0 Å². The highest BCUT2D eigenvalue weighted by atomic mass is 16.5. The SMILES string of the molecule is CCOC(CC(C)C)(CC(C)C)C(=O)Nc1ccc(OCCCN2CCC(C)CC2)cc1. The first-order valence-corrected chi connectivity index (χ1v) is 12.6. The van der Waals surface area contributed by atoms with Gasteiger partial charge in [0.05, 0.1) is 6.61 Å². The summed E-state index contributed by atoms with van der Waals surface area (Å²) in [5.74, 6) is 2.41. The number of rotatable bonds is 13. The molecule has 2 rings (SSSR count). The third-order valence-electron chi connectivity index (χ3n) is 6.19. The lowest BCUT2D eigenvalue weighted by atomic mass is 9.83. The van der Waals surface area contributed by atoms with Gasteiger partial charge in [-0.25, -0.2) is 0 Å². The van der Waals surface area contributed by atoms with E-state index in [2.05, 4.69) is 44.8 Å². The molecule has 1 aliphatic heterocycles. The van der Waals surface area contributed by atoms with Crippen LogP contribution in [0.5, 0.6) is 5.75 Å². The summed E-state index contributed by atoms with van der Waals surface area (Å²) in [5, 5.41) is 3.09. The molecule has 0 radical (unpaired) electrons. The van der Waals surface area contributed by atoms with Gasteiger partial charge in [0.25, 0.3) is 5.91 Å². The summed E-state index contributed by atoms with van der Waals surface area (Å²) in [6.45, 7) is 17.6. The summed E-state index contributed by atoms with van der Waals surface area (Å²) >= 11 is 0. The molecule has 1 aromatic rings. The Hall–Kier alpha value is -1.59. The minimum atomic E-state index is -0.793. The lowest BCUT2D eigenvalue weighted by Crippen LogP contribution is -2.47. The van der Waals surface area contributed by atoms with Crippen molar-refractivity contribution >= 4 is 11.6 Å².